The molecule has 0 unspecified atom stereocenters. The van der Waals surface area contributed by atoms with Crippen molar-refractivity contribution in [3.63, 3.8) is 0 Å². The smallest absolute Gasteiger partial charge is 0 e. The van der Waals surface area contributed by atoms with Crippen LogP contribution in [0.3, 0.4) is 0 Å². The van der Waals surface area contributed by atoms with Gasteiger partial charge in [0.05, 0.1) is 0 Å². The van der Waals surface area contributed by atoms with E-state index in [1.165, 1.54) is 0 Å². The minimum Gasteiger partial charge on any atom is 0 e. The Balaban J connectivity index is 0. The van der Waals surface area contributed by atoms with E-state index in [2.05, 4.69) is 0 Å². The average Bonchev–Trinajstić information content (AvgIpc) is 0. The maximum atomic E-state index is 0. The monoisotopic (exact) mass is 194 g/mol. The first-order valence-corrected chi connectivity index (χ1v) is 0. The second-order valence-corrected chi connectivity index (χ2v) is 0. The zero-order chi connectivity index (χ0) is 0. The van der Waals surface area contributed by atoms with Crippen LogP contribution in [-0.4, -0.2) is 8.41 Å². The van der Waals surface area contributed by atoms with E-state index in [0.29, 0.717) is 0 Å². The van der Waals surface area contributed by atoms with Gasteiger partial charge in [-0.15, -0.1) is 0 Å². The summed E-state index contributed by atoms with van der Waals surface area (Å²) in [5.41, 5.74) is 0. The molecule has 0 aliphatic carbocycles. The van der Waals surface area contributed by atoms with Crippen molar-refractivity contribution in [2.24, 2.45) is 0 Å². The molecule has 4 heavy (non-hydrogen) atoms. The molecule has 0 bridgehead atoms. The SMILES string of the molecule is [B].[Cu].[Fe].[Zn]. The van der Waals surface area contributed by atoms with Crippen molar-refractivity contribution in [2.45, 2.75) is 0 Å². The maximum Gasteiger partial charge on any atom is 0 e. The minimum atomic E-state index is 0. The van der Waals surface area contributed by atoms with Gasteiger partial charge in [0.1, 0.15) is 0 Å². The molecule has 0 aliphatic rings. The molecule has 0 fully saturated rings. The predicted octanol–water partition coefficient (Wildman–Crippen LogP) is -0.388. The molecular weight excluding hydrogens is 196 g/mol. The summed E-state index contributed by atoms with van der Waals surface area (Å²) in [7, 11) is 0. The van der Waals surface area contributed by atoms with Crippen molar-refractivity contribution >= 4 is 8.41 Å². The van der Waals surface area contributed by atoms with Gasteiger partial charge in [0, 0.05) is 62.0 Å². The van der Waals surface area contributed by atoms with Crippen molar-refractivity contribution in [3.8, 4) is 0 Å². The molecule has 0 amide bonds. The summed E-state index contributed by atoms with van der Waals surface area (Å²) in [6.45, 7) is 0. The van der Waals surface area contributed by atoms with Crippen LogP contribution in [-0.2, 0) is 53.6 Å². The molecule has 0 aromatic carbocycles. The van der Waals surface area contributed by atoms with E-state index in [1.54, 1.807) is 0 Å². The fourth-order valence-corrected chi connectivity index (χ4v) is 0. The first kappa shape index (κ1) is 42.9. The molecule has 0 rings (SSSR count). The van der Waals surface area contributed by atoms with E-state index < -0.39 is 0 Å². The van der Waals surface area contributed by atoms with Gasteiger partial charge in [-0.2, -0.15) is 0 Å². The summed E-state index contributed by atoms with van der Waals surface area (Å²) in [6.07, 6.45) is 0. The quantitative estimate of drug-likeness (QED) is 0.462. The van der Waals surface area contributed by atoms with E-state index in [-0.39, 0.29) is 62.0 Å². The molecule has 0 N–H and O–H groups in total. The zero-order valence-electron chi connectivity index (χ0n) is 1.94. The molecule has 0 atom stereocenters. The summed E-state index contributed by atoms with van der Waals surface area (Å²) < 4.78 is 0. The van der Waals surface area contributed by atoms with Gasteiger partial charge in [-0.05, 0) is 0 Å². The normalized spacial score (nSPS) is 0. The summed E-state index contributed by atoms with van der Waals surface area (Å²) in [5.74, 6) is 0. The second-order valence-electron chi connectivity index (χ2n) is 0. The van der Waals surface area contributed by atoms with Gasteiger partial charge < -0.3 is 0 Å². The van der Waals surface area contributed by atoms with Crippen LogP contribution in [0.1, 0.15) is 0 Å². The molecule has 0 spiro atoms. The van der Waals surface area contributed by atoms with Crippen molar-refractivity contribution in [1.82, 2.24) is 0 Å². The third-order valence-electron chi connectivity index (χ3n) is 0. The summed E-state index contributed by atoms with van der Waals surface area (Å²) in [6, 6.07) is 0. The van der Waals surface area contributed by atoms with Gasteiger partial charge in [-0.3, -0.25) is 0 Å². The molecule has 0 nitrogen and oxygen atoms in total. The Hall–Kier alpha value is 1.73. The molecular formula is BCuFeZn. The predicted molar refractivity (Wildman–Crippen MR) is 5.75 cm³/mol. The largest absolute Gasteiger partial charge is 0 e. The van der Waals surface area contributed by atoms with Crippen LogP contribution in [0.5, 0.6) is 0 Å². The van der Waals surface area contributed by atoms with Crippen LogP contribution >= 0.6 is 0 Å². The van der Waals surface area contributed by atoms with Gasteiger partial charge in [-0.25, -0.2) is 0 Å². The topological polar surface area (TPSA) is 0 Å². The Morgan fingerprint density at radius 2 is 1.00 bits per heavy atom. The van der Waals surface area contributed by atoms with Gasteiger partial charge in [0.2, 0.25) is 0 Å². The van der Waals surface area contributed by atoms with Crippen LogP contribution in [0.25, 0.3) is 0 Å². The van der Waals surface area contributed by atoms with Crippen LogP contribution in [0, 0.1) is 0 Å². The first-order chi connectivity index (χ1) is 0. The molecule has 0 heterocycles. The van der Waals surface area contributed by atoms with Gasteiger partial charge in [0.25, 0.3) is 0 Å². The molecule has 0 aliphatic heterocycles. The third kappa shape index (κ3) is 9.29. The molecule has 0 saturated carbocycles. The fraction of sp³-hybridized carbons (Fsp3) is 0. The van der Waals surface area contributed by atoms with Gasteiger partial charge in [0.15, 0.2) is 0 Å². The van der Waals surface area contributed by atoms with Crippen molar-refractivity contribution < 1.29 is 53.6 Å². The van der Waals surface area contributed by atoms with E-state index in [0.717, 1.165) is 0 Å². The van der Waals surface area contributed by atoms with Crippen LogP contribution in [0.15, 0.2) is 0 Å². The Bertz CT molecular complexity index is 8.00. The molecule has 0 saturated heterocycles. The Morgan fingerprint density at radius 1 is 1.00 bits per heavy atom. The zero-order valence-corrected chi connectivity index (χ0v) is 6.95. The van der Waals surface area contributed by atoms with E-state index >= 15 is 0 Å². The number of hydrogen-bond acceptors (Lipinski definition) is 0. The van der Waals surface area contributed by atoms with Gasteiger partial charge in [-0.1, -0.05) is 0 Å². The summed E-state index contributed by atoms with van der Waals surface area (Å²) in [4.78, 5) is 0. The van der Waals surface area contributed by atoms with Crippen LogP contribution in [0.2, 0.25) is 0 Å². The van der Waals surface area contributed by atoms with E-state index in [1.807, 2.05) is 0 Å². The van der Waals surface area contributed by atoms with Crippen LogP contribution < -0.4 is 0 Å². The van der Waals surface area contributed by atoms with Gasteiger partial charge >= 0.3 is 0 Å². The Morgan fingerprint density at radius 3 is 1.00 bits per heavy atom. The molecule has 24 valence electrons. The number of hydrogen-bond donors (Lipinski definition) is 0. The molecule has 0 aromatic rings. The third-order valence-corrected chi connectivity index (χ3v) is 0. The summed E-state index contributed by atoms with van der Waals surface area (Å²) in [5, 5.41) is 0. The average molecular weight is 196 g/mol. The van der Waals surface area contributed by atoms with Crippen molar-refractivity contribution in [3.05, 3.63) is 0 Å². The van der Waals surface area contributed by atoms with Crippen LogP contribution in [0.4, 0.5) is 0 Å². The van der Waals surface area contributed by atoms with E-state index in [9.17, 15) is 0 Å². The molecule has 4 heteroatoms. The summed E-state index contributed by atoms with van der Waals surface area (Å²) >= 11 is 0. The van der Waals surface area contributed by atoms with E-state index in [4.69, 9.17) is 0 Å². The first-order valence-electron chi connectivity index (χ1n) is 0. The molecule has 0 aromatic heterocycles. The molecule has 4 radical (unpaired) electrons. The van der Waals surface area contributed by atoms with Crippen molar-refractivity contribution in [1.29, 1.82) is 0 Å². The fourth-order valence-electron chi connectivity index (χ4n) is 0. The number of rotatable bonds is 0. The standard InChI is InChI=1S/B.Cu.Fe.Zn. The maximum absolute atomic E-state index is 0. The minimum absolute atomic E-state index is 0. The Labute approximate surface area is 61.8 Å². The van der Waals surface area contributed by atoms with Crippen molar-refractivity contribution in [2.75, 3.05) is 0 Å². The second kappa shape index (κ2) is 22.0. The Kier molecular flexibility index (Phi) is 236.